The molecule has 116 valence electrons. The normalized spacial score (nSPS) is 28.4. The predicted octanol–water partition coefficient (Wildman–Crippen LogP) is 1.00. The fourth-order valence-corrected chi connectivity index (χ4v) is 3.66. The first-order valence-electron chi connectivity index (χ1n) is 7.92. The highest BCUT2D eigenvalue weighted by Gasteiger charge is 2.39. The molecule has 3 atom stereocenters. The number of nitrogens with zero attached hydrogens (tertiary/aromatic N) is 4. The number of rotatable bonds is 3. The van der Waals surface area contributed by atoms with Crippen LogP contribution in [-0.2, 0) is 18.4 Å². The Balaban J connectivity index is 1.61. The van der Waals surface area contributed by atoms with Crippen molar-refractivity contribution in [3.8, 4) is 0 Å². The molecule has 6 heteroatoms. The number of nitrogens with one attached hydrogen (secondary N) is 1. The van der Waals surface area contributed by atoms with Gasteiger partial charge in [0.25, 0.3) is 0 Å². The van der Waals surface area contributed by atoms with Gasteiger partial charge in [-0.1, -0.05) is 12.8 Å². The van der Waals surface area contributed by atoms with Crippen LogP contribution in [0, 0.1) is 12.8 Å². The first-order valence-corrected chi connectivity index (χ1v) is 7.92. The molecule has 0 aromatic carbocycles. The van der Waals surface area contributed by atoms with Crippen LogP contribution in [0.5, 0.6) is 0 Å². The minimum Gasteiger partial charge on any atom is -0.337 e. The molecule has 1 aliphatic carbocycles. The molecule has 1 amide bonds. The quantitative estimate of drug-likeness (QED) is 0.902. The fraction of sp³-hybridized carbons (Fsp3) is 0.800. The molecule has 6 nitrogen and oxygen atoms in total. The summed E-state index contributed by atoms with van der Waals surface area (Å²) in [5, 5.41) is 11.7. The minimum atomic E-state index is -0.0163. The molecule has 1 saturated heterocycles. The van der Waals surface area contributed by atoms with Crippen molar-refractivity contribution in [3.05, 3.63) is 11.6 Å². The molecular weight excluding hydrogens is 266 g/mol. The number of likely N-dealkylation sites (N-methyl/N-ethyl adjacent to an activating group) is 1. The van der Waals surface area contributed by atoms with Gasteiger partial charge in [0.15, 0.2) is 5.82 Å². The van der Waals surface area contributed by atoms with Crippen LogP contribution in [0.25, 0.3) is 0 Å². The summed E-state index contributed by atoms with van der Waals surface area (Å²) in [5.41, 5.74) is 0. The number of amides is 1. The van der Waals surface area contributed by atoms with Crippen molar-refractivity contribution in [2.45, 2.75) is 57.7 Å². The largest absolute Gasteiger partial charge is 0.337 e. The topological polar surface area (TPSA) is 63.1 Å². The number of hydrogen-bond acceptors (Lipinski definition) is 4. The van der Waals surface area contributed by atoms with Gasteiger partial charge < -0.3 is 14.8 Å². The second-order valence-corrected chi connectivity index (χ2v) is 6.52. The Bertz CT molecular complexity index is 512. The Labute approximate surface area is 125 Å². The number of carbonyl (C=O) groups excluding carboxylic acids is 1. The molecule has 0 radical (unpaired) electrons. The van der Waals surface area contributed by atoms with E-state index in [9.17, 15) is 4.79 Å². The van der Waals surface area contributed by atoms with E-state index >= 15 is 0 Å². The Morgan fingerprint density at radius 2 is 2.14 bits per heavy atom. The smallest absolute Gasteiger partial charge is 0.239 e. The molecular formula is C15H25N5O. The van der Waals surface area contributed by atoms with Gasteiger partial charge in [0.05, 0.1) is 12.6 Å². The monoisotopic (exact) mass is 291 g/mol. The molecule has 1 aromatic rings. The van der Waals surface area contributed by atoms with Crippen molar-refractivity contribution in [1.29, 1.82) is 0 Å². The minimum absolute atomic E-state index is 0.0163. The predicted molar refractivity (Wildman–Crippen MR) is 79.5 cm³/mol. The van der Waals surface area contributed by atoms with Crippen molar-refractivity contribution in [1.82, 2.24) is 25.0 Å². The van der Waals surface area contributed by atoms with Gasteiger partial charge >= 0.3 is 0 Å². The first kappa shape index (κ1) is 14.5. The van der Waals surface area contributed by atoms with Gasteiger partial charge in [-0.05, 0) is 32.1 Å². The summed E-state index contributed by atoms with van der Waals surface area (Å²) in [7, 11) is 3.79. The van der Waals surface area contributed by atoms with E-state index in [1.807, 2.05) is 25.6 Å². The van der Waals surface area contributed by atoms with Crippen molar-refractivity contribution < 1.29 is 4.79 Å². The molecule has 2 heterocycles. The van der Waals surface area contributed by atoms with E-state index in [-0.39, 0.29) is 11.9 Å². The van der Waals surface area contributed by atoms with Gasteiger partial charge in [0.1, 0.15) is 5.82 Å². The van der Waals surface area contributed by atoms with Gasteiger partial charge in [-0.3, -0.25) is 4.79 Å². The number of aryl methyl sites for hydroxylation is 1. The highest BCUT2D eigenvalue weighted by Crippen LogP contribution is 2.33. The van der Waals surface area contributed by atoms with E-state index in [2.05, 4.69) is 15.5 Å². The fourth-order valence-electron chi connectivity index (χ4n) is 3.66. The lowest BCUT2D eigenvalue weighted by molar-refractivity contribution is -0.132. The summed E-state index contributed by atoms with van der Waals surface area (Å²) in [5.74, 6) is 2.58. The average molecular weight is 291 g/mol. The van der Waals surface area contributed by atoms with E-state index in [4.69, 9.17) is 0 Å². The molecule has 2 aliphatic rings. The van der Waals surface area contributed by atoms with Crippen LogP contribution in [0.1, 0.15) is 43.8 Å². The van der Waals surface area contributed by atoms with Crippen molar-refractivity contribution >= 4 is 5.91 Å². The zero-order valence-electron chi connectivity index (χ0n) is 13.2. The molecule has 21 heavy (non-hydrogen) atoms. The summed E-state index contributed by atoms with van der Waals surface area (Å²) >= 11 is 0. The van der Waals surface area contributed by atoms with Crippen LogP contribution in [-0.4, -0.2) is 44.7 Å². The highest BCUT2D eigenvalue weighted by molar-refractivity contribution is 5.82. The second kappa shape index (κ2) is 5.75. The lowest BCUT2D eigenvalue weighted by Gasteiger charge is -2.24. The van der Waals surface area contributed by atoms with E-state index in [1.54, 1.807) is 4.90 Å². The molecule has 1 aromatic heterocycles. The highest BCUT2D eigenvalue weighted by atomic mass is 16.2. The Morgan fingerprint density at radius 3 is 2.81 bits per heavy atom. The lowest BCUT2D eigenvalue weighted by atomic mass is 9.85. The number of fused-ring (bicyclic) bond motifs is 1. The zero-order chi connectivity index (χ0) is 15.0. The van der Waals surface area contributed by atoms with Crippen LogP contribution < -0.4 is 5.32 Å². The van der Waals surface area contributed by atoms with Crippen molar-refractivity contribution in [2.75, 3.05) is 7.05 Å². The third kappa shape index (κ3) is 2.81. The molecule has 2 fully saturated rings. The van der Waals surface area contributed by atoms with Crippen LogP contribution in [0.4, 0.5) is 0 Å². The van der Waals surface area contributed by atoms with Crippen LogP contribution in [0.15, 0.2) is 0 Å². The second-order valence-electron chi connectivity index (χ2n) is 6.52. The van der Waals surface area contributed by atoms with E-state index < -0.39 is 0 Å². The van der Waals surface area contributed by atoms with Crippen LogP contribution in [0.2, 0.25) is 0 Å². The third-order valence-electron chi connectivity index (χ3n) is 5.10. The molecule has 0 spiro atoms. The summed E-state index contributed by atoms with van der Waals surface area (Å²) in [6.45, 7) is 2.44. The van der Waals surface area contributed by atoms with Crippen molar-refractivity contribution in [2.24, 2.45) is 13.0 Å². The number of aromatic nitrogens is 3. The molecule has 0 bridgehead atoms. The summed E-state index contributed by atoms with van der Waals surface area (Å²) in [6, 6.07) is 0.538. The first-order chi connectivity index (χ1) is 10.1. The van der Waals surface area contributed by atoms with Gasteiger partial charge in [-0.2, -0.15) is 0 Å². The van der Waals surface area contributed by atoms with Crippen LogP contribution >= 0.6 is 0 Å². The lowest BCUT2D eigenvalue weighted by Crippen LogP contribution is -2.44. The molecule has 1 N–H and O–H groups in total. The van der Waals surface area contributed by atoms with Crippen molar-refractivity contribution in [3.63, 3.8) is 0 Å². The van der Waals surface area contributed by atoms with Gasteiger partial charge in [-0.15, -0.1) is 10.2 Å². The average Bonchev–Trinajstić information content (AvgIpc) is 3.04. The van der Waals surface area contributed by atoms with E-state index in [0.29, 0.717) is 18.5 Å². The Hall–Kier alpha value is -1.43. The number of hydrogen-bond donors (Lipinski definition) is 1. The zero-order valence-corrected chi connectivity index (χ0v) is 13.2. The molecule has 1 aliphatic heterocycles. The summed E-state index contributed by atoms with van der Waals surface area (Å²) in [6.07, 6.45) is 6.10. The SMILES string of the molecule is Cc1nnc(CN(C)C(=O)[C@@H]2C[C@@H]3CCCC[C@H]3N2)n1C. The van der Waals surface area contributed by atoms with E-state index in [1.165, 1.54) is 25.7 Å². The maximum absolute atomic E-state index is 12.6. The van der Waals surface area contributed by atoms with Gasteiger partial charge in [-0.25, -0.2) is 0 Å². The maximum Gasteiger partial charge on any atom is 0.239 e. The van der Waals surface area contributed by atoms with Gasteiger partial charge in [0, 0.05) is 20.1 Å². The summed E-state index contributed by atoms with van der Waals surface area (Å²) < 4.78 is 1.94. The number of carbonyl (C=O) groups is 1. The van der Waals surface area contributed by atoms with Crippen LogP contribution in [0.3, 0.4) is 0 Å². The Kier molecular flexibility index (Phi) is 3.97. The standard InChI is InChI=1S/C15H25N5O/c1-10-17-18-14(20(10)3)9-19(2)15(21)13-8-11-6-4-5-7-12(11)16-13/h11-13,16H,4-9H2,1-3H3/t11-,12+,13-/m0/s1. The molecule has 1 saturated carbocycles. The maximum atomic E-state index is 12.6. The molecule has 3 rings (SSSR count). The van der Waals surface area contributed by atoms with Gasteiger partial charge in [0.2, 0.25) is 5.91 Å². The third-order valence-corrected chi connectivity index (χ3v) is 5.10. The Morgan fingerprint density at radius 1 is 1.38 bits per heavy atom. The molecule has 0 unspecified atom stereocenters. The van der Waals surface area contributed by atoms with E-state index in [0.717, 1.165) is 18.1 Å². The summed E-state index contributed by atoms with van der Waals surface area (Å²) in [4.78, 5) is 14.4.